The van der Waals surface area contributed by atoms with E-state index in [9.17, 15) is 4.79 Å². The lowest BCUT2D eigenvalue weighted by Crippen LogP contribution is -2.32. The first-order valence-electron chi connectivity index (χ1n) is 6.64. The van der Waals surface area contributed by atoms with Gasteiger partial charge < -0.3 is 16.2 Å². The zero-order valence-corrected chi connectivity index (χ0v) is 11.0. The molecule has 0 bridgehead atoms. The van der Waals surface area contributed by atoms with Gasteiger partial charge in [0, 0.05) is 25.4 Å². The summed E-state index contributed by atoms with van der Waals surface area (Å²) < 4.78 is 0. The van der Waals surface area contributed by atoms with Gasteiger partial charge in [-0.3, -0.25) is 9.69 Å². The summed E-state index contributed by atoms with van der Waals surface area (Å²) in [5.74, 6) is 0.281. The van der Waals surface area contributed by atoms with Gasteiger partial charge in [-0.25, -0.2) is 0 Å². The fourth-order valence-corrected chi connectivity index (χ4v) is 2.42. The molecule has 1 atom stereocenters. The average molecular weight is 263 g/mol. The number of nitrogens with one attached hydrogen (secondary N) is 1. The summed E-state index contributed by atoms with van der Waals surface area (Å²) in [6.45, 7) is 2.65. The van der Waals surface area contributed by atoms with Gasteiger partial charge in [-0.05, 0) is 30.5 Å². The highest BCUT2D eigenvalue weighted by atomic mass is 16.3. The Morgan fingerprint density at radius 2 is 2.26 bits per heavy atom. The Morgan fingerprint density at radius 1 is 1.47 bits per heavy atom. The highest BCUT2D eigenvalue weighted by Gasteiger charge is 2.23. The molecule has 2 rings (SSSR count). The number of hydrogen-bond donors (Lipinski definition) is 3. The molecule has 1 fully saturated rings. The van der Waals surface area contributed by atoms with Crippen LogP contribution in [0.1, 0.15) is 12.0 Å². The smallest absolute Gasteiger partial charge is 0.238 e. The second-order valence-corrected chi connectivity index (χ2v) is 4.98. The number of hydrogen-bond acceptors (Lipinski definition) is 4. The first-order valence-corrected chi connectivity index (χ1v) is 6.64. The number of likely N-dealkylation sites (tertiary alicyclic amines) is 1. The van der Waals surface area contributed by atoms with E-state index in [4.69, 9.17) is 10.8 Å². The molecule has 4 N–H and O–H groups in total. The van der Waals surface area contributed by atoms with Crippen LogP contribution >= 0.6 is 0 Å². The third-order valence-corrected chi connectivity index (χ3v) is 3.51. The van der Waals surface area contributed by atoms with E-state index in [0.29, 0.717) is 19.0 Å². The number of carbonyl (C=O) groups is 1. The minimum absolute atomic E-state index is 0.0283. The second kappa shape index (κ2) is 6.65. The molecule has 0 aromatic heterocycles. The number of nitrogens with two attached hydrogens (primary N) is 1. The van der Waals surface area contributed by atoms with Crippen LogP contribution in [0.3, 0.4) is 0 Å². The van der Waals surface area contributed by atoms with Crippen LogP contribution < -0.4 is 11.1 Å². The molecular weight excluding hydrogens is 242 g/mol. The monoisotopic (exact) mass is 263 g/mol. The van der Waals surface area contributed by atoms with Crippen molar-refractivity contribution in [2.75, 3.05) is 31.6 Å². The normalized spacial score (nSPS) is 19.6. The molecule has 1 aromatic rings. The van der Waals surface area contributed by atoms with Crippen molar-refractivity contribution in [1.29, 1.82) is 0 Å². The summed E-state index contributed by atoms with van der Waals surface area (Å²) in [5.41, 5.74) is 7.36. The lowest BCUT2D eigenvalue weighted by molar-refractivity contribution is -0.117. The molecule has 0 aliphatic carbocycles. The summed E-state index contributed by atoms with van der Waals surface area (Å²) in [4.78, 5) is 14.0. The number of carbonyl (C=O) groups excluding carboxylic acids is 1. The Kier molecular flexibility index (Phi) is 4.90. The summed E-state index contributed by atoms with van der Waals surface area (Å²) >= 11 is 0. The average Bonchev–Trinajstić information content (AvgIpc) is 2.87. The van der Waals surface area contributed by atoms with Crippen LogP contribution in [0.15, 0.2) is 24.3 Å². The van der Waals surface area contributed by atoms with Gasteiger partial charge in [0.05, 0.1) is 6.54 Å². The van der Waals surface area contributed by atoms with Crippen LogP contribution in [0.4, 0.5) is 5.69 Å². The molecule has 1 amide bonds. The van der Waals surface area contributed by atoms with Crippen molar-refractivity contribution in [2.45, 2.75) is 13.0 Å². The van der Waals surface area contributed by atoms with E-state index in [1.807, 2.05) is 24.3 Å². The summed E-state index contributed by atoms with van der Waals surface area (Å²) in [6.07, 6.45) is 0.961. The third kappa shape index (κ3) is 3.76. The molecule has 1 heterocycles. The van der Waals surface area contributed by atoms with Gasteiger partial charge in [-0.2, -0.15) is 0 Å². The fourth-order valence-electron chi connectivity index (χ4n) is 2.42. The van der Waals surface area contributed by atoms with Gasteiger partial charge in [0.25, 0.3) is 0 Å². The van der Waals surface area contributed by atoms with Crippen molar-refractivity contribution in [2.24, 2.45) is 11.7 Å². The van der Waals surface area contributed by atoms with E-state index < -0.39 is 0 Å². The molecule has 1 aromatic carbocycles. The molecular formula is C14H21N3O2. The molecule has 5 heteroatoms. The van der Waals surface area contributed by atoms with Crippen LogP contribution in [0.25, 0.3) is 0 Å². The van der Waals surface area contributed by atoms with Crippen molar-refractivity contribution in [3.05, 3.63) is 29.8 Å². The zero-order valence-electron chi connectivity index (χ0n) is 11.0. The number of anilines is 1. The van der Waals surface area contributed by atoms with Gasteiger partial charge in [-0.15, -0.1) is 0 Å². The first-order chi connectivity index (χ1) is 9.22. The van der Waals surface area contributed by atoms with E-state index in [1.165, 1.54) is 0 Å². The largest absolute Gasteiger partial charge is 0.396 e. The lowest BCUT2D eigenvalue weighted by Gasteiger charge is -2.16. The first kappa shape index (κ1) is 14.0. The van der Waals surface area contributed by atoms with Crippen molar-refractivity contribution < 1.29 is 9.90 Å². The molecule has 1 saturated heterocycles. The molecule has 1 unspecified atom stereocenters. The third-order valence-electron chi connectivity index (χ3n) is 3.51. The molecule has 104 valence electrons. The van der Waals surface area contributed by atoms with Gasteiger partial charge in [-0.1, -0.05) is 18.2 Å². The highest BCUT2D eigenvalue weighted by Crippen LogP contribution is 2.16. The Bertz CT molecular complexity index is 436. The lowest BCUT2D eigenvalue weighted by atomic mass is 10.1. The predicted molar refractivity (Wildman–Crippen MR) is 74.6 cm³/mol. The molecule has 1 aliphatic rings. The Hall–Kier alpha value is -1.43. The van der Waals surface area contributed by atoms with Crippen LogP contribution in [0, 0.1) is 5.92 Å². The molecule has 0 radical (unpaired) electrons. The summed E-state index contributed by atoms with van der Waals surface area (Å²) in [6, 6.07) is 7.56. The molecule has 0 saturated carbocycles. The second-order valence-electron chi connectivity index (χ2n) is 4.98. The number of nitrogens with zero attached hydrogens (tertiary/aromatic N) is 1. The Balaban J connectivity index is 1.87. The minimum Gasteiger partial charge on any atom is -0.396 e. The number of benzene rings is 1. The number of rotatable bonds is 5. The van der Waals surface area contributed by atoms with E-state index in [1.54, 1.807) is 0 Å². The van der Waals surface area contributed by atoms with Gasteiger partial charge in [0.2, 0.25) is 5.91 Å². The summed E-state index contributed by atoms with van der Waals surface area (Å²) in [7, 11) is 0. The maximum absolute atomic E-state index is 12.0. The van der Waals surface area contributed by atoms with Crippen LogP contribution in [-0.2, 0) is 11.3 Å². The van der Waals surface area contributed by atoms with Crippen molar-refractivity contribution >= 4 is 11.6 Å². The zero-order chi connectivity index (χ0) is 13.7. The van der Waals surface area contributed by atoms with E-state index in [-0.39, 0.29) is 12.5 Å². The maximum Gasteiger partial charge on any atom is 0.238 e. The Morgan fingerprint density at radius 3 is 2.95 bits per heavy atom. The summed E-state index contributed by atoms with van der Waals surface area (Å²) in [5, 5.41) is 12.0. The quantitative estimate of drug-likeness (QED) is 0.718. The van der Waals surface area contributed by atoms with E-state index in [2.05, 4.69) is 10.2 Å². The van der Waals surface area contributed by atoms with Crippen molar-refractivity contribution in [3.8, 4) is 0 Å². The fraction of sp³-hybridized carbons (Fsp3) is 0.500. The van der Waals surface area contributed by atoms with Crippen molar-refractivity contribution in [1.82, 2.24) is 4.90 Å². The van der Waals surface area contributed by atoms with Crippen LogP contribution in [-0.4, -0.2) is 42.2 Å². The highest BCUT2D eigenvalue weighted by molar-refractivity contribution is 5.93. The minimum atomic E-state index is -0.0283. The van der Waals surface area contributed by atoms with E-state index in [0.717, 1.165) is 30.8 Å². The number of aliphatic hydroxyl groups excluding tert-OH is 1. The number of para-hydroxylation sites is 1. The molecule has 5 nitrogen and oxygen atoms in total. The molecule has 1 aliphatic heterocycles. The van der Waals surface area contributed by atoms with Gasteiger partial charge in [0.15, 0.2) is 0 Å². The SMILES string of the molecule is NCc1ccccc1NC(=O)CN1CCC(CO)C1. The predicted octanol–water partition coefficient (Wildman–Crippen LogP) is 0.398. The topological polar surface area (TPSA) is 78.6 Å². The maximum atomic E-state index is 12.0. The number of aliphatic hydroxyl groups is 1. The number of amides is 1. The van der Waals surface area contributed by atoms with Gasteiger partial charge in [0.1, 0.15) is 0 Å². The van der Waals surface area contributed by atoms with Crippen molar-refractivity contribution in [3.63, 3.8) is 0 Å². The van der Waals surface area contributed by atoms with Gasteiger partial charge >= 0.3 is 0 Å². The van der Waals surface area contributed by atoms with Crippen LogP contribution in [0.5, 0.6) is 0 Å². The van der Waals surface area contributed by atoms with Crippen LogP contribution in [0.2, 0.25) is 0 Å². The van der Waals surface area contributed by atoms with E-state index >= 15 is 0 Å². The molecule has 19 heavy (non-hydrogen) atoms. The molecule has 0 spiro atoms. The standard InChI is InChI=1S/C14H21N3O2/c15-7-12-3-1-2-4-13(12)16-14(19)9-17-6-5-11(8-17)10-18/h1-4,11,18H,5-10,15H2,(H,16,19). The Labute approximate surface area is 113 Å².